The Kier molecular flexibility index (Phi) is 5.27. The number of aldehydes is 1. The molecule has 0 bridgehead atoms. The van der Waals surface area contributed by atoms with Crippen molar-refractivity contribution in [2.24, 2.45) is 5.73 Å². The van der Waals surface area contributed by atoms with Gasteiger partial charge in [0.1, 0.15) is 6.29 Å². The van der Waals surface area contributed by atoms with Crippen LogP contribution < -0.4 is 5.73 Å². The first kappa shape index (κ1) is 11.4. The Labute approximate surface area is 77.1 Å². The minimum Gasteiger partial charge on any atom is -0.462 e. The Bertz CT molecular complexity index is 250. The summed E-state index contributed by atoms with van der Waals surface area (Å²) in [7, 11) is 0. The third kappa shape index (κ3) is 4.10. The number of nitrogens with two attached hydrogens (primary N) is 1. The quantitative estimate of drug-likeness (QED) is 0.299. The summed E-state index contributed by atoms with van der Waals surface area (Å²) in [5, 5.41) is 0. The summed E-state index contributed by atoms with van der Waals surface area (Å²) in [6.45, 7) is 3.55. The zero-order valence-electron chi connectivity index (χ0n) is 7.74. The largest absolute Gasteiger partial charge is 0.462 e. The smallest absolute Gasteiger partial charge is 0.339 e. The first-order chi connectivity index (χ1) is 6.13. The molecule has 0 atom stereocenters. The summed E-state index contributed by atoms with van der Waals surface area (Å²) in [6, 6.07) is 0. The van der Waals surface area contributed by atoms with Gasteiger partial charge in [0.05, 0.1) is 12.2 Å². The number of hydrogen-bond donors (Lipinski definition) is 1. The Morgan fingerprint density at radius 2 is 2.15 bits per heavy atom. The molecule has 0 aromatic heterocycles. The molecule has 0 radical (unpaired) electrons. The highest BCUT2D eigenvalue weighted by Crippen LogP contribution is 2.03. The van der Waals surface area contributed by atoms with Crippen LogP contribution in [0.1, 0.15) is 13.8 Å². The molecule has 0 heterocycles. The van der Waals surface area contributed by atoms with E-state index in [-0.39, 0.29) is 12.2 Å². The van der Waals surface area contributed by atoms with Gasteiger partial charge in [-0.05, 0) is 26.0 Å². The van der Waals surface area contributed by atoms with Crippen LogP contribution in [0.3, 0.4) is 0 Å². The Morgan fingerprint density at radius 3 is 2.54 bits per heavy atom. The van der Waals surface area contributed by atoms with Gasteiger partial charge in [0, 0.05) is 5.70 Å². The van der Waals surface area contributed by atoms with E-state index in [2.05, 4.69) is 0 Å². The zero-order valence-corrected chi connectivity index (χ0v) is 7.74. The van der Waals surface area contributed by atoms with Gasteiger partial charge in [-0.15, -0.1) is 0 Å². The molecule has 4 heteroatoms. The SMILES string of the molecule is CCOC(=O)C(/C=C/C=O)=C(\C)N. The number of rotatable bonds is 4. The lowest BCUT2D eigenvalue weighted by molar-refractivity contribution is -0.138. The van der Waals surface area contributed by atoms with Gasteiger partial charge in [0.15, 0.2) is 0 Å². The van der Waals surface area contributed by atoms with E-state index >= 15 is 0 Å². The van der Waals surface area contributed by atoms with Crippen LogP contribution in [-0.2, 0) is 14.3 Å². The predicted molar refractivity (Wildman–Crippen MR) is 48.7 cm³/mol. The van der Waals surface area contributed by atoms with Gasteiger partial charge in [-0.2, -0.15) is 0 Å². The molecule has 0 aromatic carbocycles. The van der Waals surface area contributed by atoms with Crippen LogP contribution >= 0.6 is 0 Å². The standard InChI is InChI=1S/C9H13NO3/c1-3-13-9(12)8(7(2)10)5-4-6-11/h4-6H,3,10H2,1-2H3/b5-4+,8-7+. The molecule has 0 saturated carbocycles. The van der Waals surface area contributed by atoms with Crippen molar-refractivity contribution in [2.75, 3.05) is 6.61 Å². The average Bonchev–Trinajstić information content (AvgIpc) is 2.05. The summed E-state index contributed by atoms with van der Waals surface area (Å²) < 4.78 is 4.72. The Morgan fingerprint density at radius 1 is 1.54 bits per heavy atom. The van der Waals surface area contributed by atoms with Crippen LogP contribution in [0.4, 0.5) is 0 Å². The van der Waals surface area contributed by atoms with Gasteiger partial charge in [0.2, 0.25) is 0 Å². The van der Waals surface area contributed by atoms with Crippen molar-refractivity contribution in [3.05, 3.63) is 23.4 Å². The fourth-order valence-electron chi connectivity index (χ4n) is 0.705. The van der Waals surface area contributed by atoms with E-state index in [1.54, 1.807) is 13.8 Å². The molecule has 2 N–H and O–H groups in total. The first-order valence-corrected chi connectivity index (χ1v) is 3.88. The molecule has 4 nitrogen and oxygen atoms in total. The highest BCUT2D eigenvalue weighted by Gasteiger charge is 2.08. The van der Waals surface area contributed by atoms with Crippen molar-refractivity contribution in [3.8, 4) is 0 Å². The molecule has 72 valence electrons. The topological polar surface area (TPSA) is 69.4 Å². The van der Waals surface area contributed by atoms with E-state index in [1.807, 2.05) is 0 Å². The van der Waals surface area contributed by atoms with Crippen LogP contribution in [-0.4, -0.2) is 18.9 Å². The fraction of sp³-hybridized carbons (Fsp3) is 0.333. The van der Waals surface area contributed by atoms with E-state index in [9.17, 15) is 9.59 Å². The van der Waals surface area contributed by atoms with Crippen LogP contribution in [0.25, 0.3) is 0 Å². The number of ether oxygens (including phenoxy) is 1. The van der Waals surface area contributed by atoms with E-state index < -0.39 is 5.97 Å². The average molecular weight is 183 g/mol. The second kappa shape index (κ2) is 5.99. The van der Waals surface area contributed by atoms with Gasteiger partial charge < -0.3 is 10.5 Å². The maximum atomic E-state index is 11.2. The van der Waals surface area contributed by atoms with Crippen molar-refractivity contribution in [1.82, 2.24) is 0 Å². The summed E-state index contributed by atoms with van der Waals surface area (Å²) in [4.78, 5) is 21.2. The number of carbonyl (C=O) groups is 2. The summed E-state index contributed by atoms with van der Waals surface area (Å²) in [6.07, 6.45) is 3.10. The van der Waals surface area contributed by atoms with E-state index in [1.165, 1.54) is 12.2 Å². The molecule has 0 amide bonds. The summed E-state index contributed by atoms with van der Waals surface area (Å²) in [5.41, 5.74) is 5.97. The van der Waals surface area contributed by atoms with Gasteiger partial charge in [0.25, 0.3) is 0 Å². The van der Waals surface area contributed by atoms with E-state index in [4.69, 9.17) is 10.5 Å². The third-order valence-corrected chi connectivity index (χ3v) is 1.26. The van der Waals surface area contributed by atoms with Crippen molar-refractivity contribution < 1.29 is 14.3 Å². The molecule has 13 heavy (non-hydrogen) atoms. The number of esters is 1. The maximum absolute atomic E-state index is 11.2. The molecule has 0 unspecified atom stereocenters. The molecular weight excluding hydrogens is 170 g/mol. The maximum Gasteiger partial charge on any atom is 0.339 e. The summed E-state index contributed by atoms with van der Waals surface area (Å²) >= 11 is 0. The lowest BCUT2D eigenvalue weighted by Gasteiger charge is -2.03. The fourth-order valence-corrected chi connectivity index (χ4v) is 0.705. The Hall–Kier alpha value is -1.58. The molecule has 0 rings (SSSR count). The lowest BCUT2D eigenvalue weighted by Crippen LogP contribution is -2.11. The minimum atomic E-state index is -0.513. The molecule has 0 aromatic rings. The number of hydrogen-bond acceptors (Lipinski definition) is 4. The normalized spacial score (nSPS) is 12.5. The van der Waals surface area contributed by atoms with Crippen LogP contribution in [0, 0.1) is 0 Å². The van der Waals surface area contributed by atoms with E-state index in [0.717, 1.165) is 0 Å². The van der Waals surface area contributed by atoms with Crippen molar-refractivity contribution in [1.29, 1.82) is 0 Å². The van der Waals surface area contributed by atoms with Crippen molar-refractivity contribution >= 4 is 12.3 Å². The number of allylic oxidation sites excluding steroid dienone is 2. The second-order valence-corrected chi connectivity index (χ2v) is 2.31. The highest BCUT2D eigenvalue weighted by molar-refractivity contribution is 5.93. The van der Waals surface area contributed by atoms with Crippen molar-refractivity contribution in [3.63, 3.8) is 0 Å². The molecule has 0 fully saturated rings. The lowest BCUT2D eigenvalue weighted by atomic mass is 10.2. The predicted octanol–water partition coefficient (Wildman–Crippen LogP) is 0.537. The van der Waals surface area contributed by atoms with Gasteiger partial charge in [-0.3, -0.25) is 4.79 Å². The highest BCUT2D eigenvalue weighted by atomic mass is 16.5. The zero-order chi connectivity index (χ0) is 10.3. The Balaban J connectivity index is 4.63. The molecule has 0 aliphatic rings. The molecule has 0 spiro atoms. The molecule has 0 aliphatic carbocycles. The molecular formula is C9H13NO3. The van der Waals surface area contributed by atoms with E-state index in [0.29, 0.717) is 12.0 Å². The second-order valence-electron chi connectivity index (χ2n) is 2.31. The molecule has 0 aliphatic heterocycles. The van der Waals surface area contributed by atoms with Gasteiger partial charge >= 0.3 is 5.97 Å². The van der Waals surface area contributed by atoms with Crippen LogP contribution in [0.2, 0.25) is 0 Å². The molecule has 0 saturated heterocycles. The first-order valence-electron chi connectivity index (χ1n) is 3.88. The van der Waals surface area contributed by atoms with Gasteiger partial charge in [-0.25, -0.2) is 4.79 Å². The number of carbonyl (C=O) groups excluding carboxylic acids is 2. The third-order valence-electron chi connectivity index (χ3n) is 1.26. The van der Waals surface area contributed by atoms with Gasteiger partial charge in [-0.1, -0.05) is 0 Å². The summed E-state index contributed by atoms with van der Waals surface area (Å²) in [5.74, 6) is -0.513. The minimum absolute atomic E-state index is 0.217. The van der Waals surface area contributed by atoms with Crippen molar-refractivity contribution in [2.45, 2.75) is 13.8 Å². The monoisotopic (exact) mass is 183 g/mol. The van der Waals surface area contributed by atoms with Crippen LogP contribution in [0.5, 0.6) is 0 Å². The van der Waals surface area contributed by atoms with Crippen LogP contribution in [0.15, 0.2) is 23.4 Å².